The van der Waals surface area contributed by atoms with Crippen LogP contribution in [0.25, 0.3) is 11.5 Å². The van der Waals surface area contributed by atoms with Crippen molar-refractivity contribution in [2.24, 2.45) is 0 Å². The lowest BCUT2D eigenvalue weighted by Gasteiger charge is -2.01. The predicted octanol–water partition coefficient (Wildman–Crippen LogP) is 2.04. The molecule has 0 fully saturated rings. The van der Waals surface area contributed by atoms with Gasteiger partial charge in [-0.05, 0) is 18.2 Å². The van der Waals surface area contributed by atoms with E-state index in [9.17, 15) is 4.79 Å². The van der Waals surface area contributed by atoms with E-state index in [-0.39, 0.29) is 19.1 Å². The van der Waals surface area contributed by atoms with Gasteiger partial charge >= 0.3 is 5.97 Å². The van der Waals surface area contributed by atoms with E-state index in [1.165, 1.54) is 0 Å². The number of carboxylic acid groups (broad SMARTS) is 1. The standard InChI is InChI=1S/C13H12N2O5/c1-7(4-11(16)17)12-14-15-13(20-12)8-2-3-9-10(5-8)19-6-18-9/h2-3,5,7H,4,6H2,1H3,(H,16,17). The van der Waals surface area contributed by atoms with E-state index < -0.39 is 5.97 Å². The van der Waals surface area contributed by atoms with Crippen LogP contribution < -0.4 is 9.47 Å². The van der Waals surface area contributed by atoms with E-state index >= 15 is 0 Å². The third-order valence-corrected chi connectivity index (χ3v) is 2.96. The van der Waals surface area contributed by atoms with Gasteiger partial charge < -0.3 is 19.0 Å². The number of fused-ring (bicyclic) bond motifs is 1. The molecule has 1 aliphatic rings. The molecular formula is C13H12N2O5. The first-order chi connectivity index (χ1) is 9.63. The van der Waals surface area contributed by atoms with Gasteiger partial charge in [-0.3, -0.25) is 4.79 Å². The summed E-state index contributed by atoms with van der Waals surface area (Å²) < 4.78 is 16.0. The minimum atomic E-state index is -0.902. The fourth-order valence-corrected chi connectivity index (χ4v) is 1.93. The van der Waals surface area contributed by atoms with Crippen LogP contribution in [-0.4, -0.2) is 28.1 Å². The summed E-state index contributed by atoms with van der Waals surface area (Å²) in [5.41, 5.74) is 0.704. The molecule has 2 aromatic rings. The molecule has 0 amide bonds. The number of nitrogens with zero attached hydrogens (tertiary/aromatic N) is 2. The third-order valence-electron chi connectivity index (χ3n) is 2.96. The summed E-state index contributed by atoms with van der Waals surface area (Å²) >= 11 is 0. The molecule has 0 radical (unpaired) electrons. The van der Waals surface area contributed by atoms with Crippen LogP contribution in [-0.2, 0) is 4.79 Å². The van der Waals surface area contributed by atoms with Crippen molar-refractivity contribution in [3.05, 3.63) is 24.1 Å². The molecule has 1 aromatic carbocycles. The second kappa shape index (κ2) is 4.84. The fraction of sp³-hybridized carbons (Fsp3) is 0.308. The highest BCUT2D eigenvalue weighted by Gasteiger charge is 2.20. The lowest BCUT2D eigenvalue weighted by atomic mass is 10.1. The summed E-state index contributed by atoms with van der Waals surface area (Å²) in [6, 6.07) is 5.30. The van der Waals surface area contributed by atoms with Crippen LogP contribution in [0.4, 0.5) is 0 Å². The highest BCUT2D eigenvalue weighted by molar-refractivity contribution is 5.67. The molecule has 1 aliphatic heterocycles. The Kier molecular flexibility index (Phi) is 3.02. The van der Waals surface area contributed by atoms with Gasteiger partial charge in [0.15, 0.2) is 11.5 Å². The quantitative estimate of drug-likeness (QED) is 0.912. The van der Waals surface area contributed by atoms with Crippen LogP contribution in [0.1, 0.15) is 25.2 Å². The highest BCUT2D eigenvalue weighted by atomic mass is 16.7. The average Bonchev–Trinajstić information content (AvgIpc) is 3.06. The summed E-state index contributed by atoms with van der Waals surface area (Å²) in [6.07, 6.45) is -0.0528. The number of aromatic nitrogens is 2. The van der Waals surface area contributed by atoms with Crippen LogP contribution >= 0.6 is 0 Å². The van der Waals surface area contributed by atoms with Gasteiger partial charge in [0.1, 0.15) is 0 Å². The van der Waals surface area contributed by atoms with E-state index in [4.69, 9.17) is 19.0 Å². The maximum atomic E-state index is 10.7. The van der Waals surface area contributed by atoms with E-state index in [0.29, 0.717) is 28.8 Å². The smallest absolute Gasteiger partial charge is 0.304 e. The van der Waals surface area contributed by atoms with Gasteiger partial charge in [-0.1, -0.05) is 6.92 Å². The second-order valence-corrected chi connectivity index (χ2v) is 4.51. The topological polar surface area (TPSA) is 94.7 Å². The Bertz CT molecular complexity index is 652. The van der Waals surface area contributed by atoms with Crippen LogP contribution in [0.5, 0.6) is 11.5 Å². The minimum absolute atomic E-state index is 0.0528. The van der Waals surface area contributed by atoms with Crippen molar-refractivity contribution in [1.82, 2.24) is 10.2 Å². The summed E-state index contributed by atoms with van der Waals surface area (Å²) in [4.78, 5) is 10.7. The first kappa shape index (κ1) is 12.5. The predicted molar refractivity (Wildman–Crippen MR) is 66.5 cm³/mol. The molecule has 1 aromatic heterocycles. The first-order valence-electron chi connectivity index (χ1n) is 6.08. The van der Waals surface area contributed by atoms with Crippen molar-refractivity contribution in [3.8, 4) is 23.0 Å². The highest BCUT2D eigenvalue weighted by Crippen LogP contribution is 2.35. The average molecular weight is 276 g/mol. The first-order valence-corrected chi connectivity index (χ1v) is 6.08. The van der Waals surface area contributed by atoms with E-state index in [1.807, 2.05) is 0 Å². The molecule has 1 unspecified atom stereocenters. The molecular weight excluding hydrogens is 264 g/mol. The van der Waals surface area contributed by atoms with Crippen molar-refractivity contribution in [2.45, 2.75) is 19.3 Å². The fourth-order valence-electron chi connectivity index (χ4n) is 1.93. The molecule has 0 spiro atoms. The van der Waals surface area contributed by atoms with Crippen molar-refractivity contribution in [1.29, 1.82) is 0 Å². The molecule has 0 bridgehead atoms. The number of hydrogen-bond acceptors (Lipinski definition) is 6. The van der Waals surface area contributed by atoms with Crippen molar-refractivity contribution in [3.63, 3.8) is 0 Å². The summed E-state index contributed by atoms with van der Waals surface area (Å²) in [5.74, 6) is 0.701. The Labute approximate surface area is 114 Å². The molecule has 104 valence electrons. The van der Waals surface area contributed by atoms with Crippen molar-refractivity contribution >= 4 is 5.97 Å². The van der Waals surface area contributed by atoms with Gasteiger partial charge in [-0.15, -0.1) is 10.2 Å². The number of rotatable bonds is 4. The Morgan fingerprint density at radius 1 is 1.35 bits per heavy atom. The van der Waals surface area contributed by atoms with E-state index in [1.54, 1.807) is 25.1 Å². The molecule has 2 heterocycles. The van der Waals surface area contributed by atoms with Gasteiger partial charge in [0.25, 0.3) is 0 Å². The Balaban J connectivity index is 1.84. The summed E-state index contributed by atoms with van der Waals surface area (Å²) in [6.45, 7) is 1.93. The Morgan fingerprint density at radius 3 is 2.95 bits per heavy atom. The van der Waals surface area contributed by atoms with Crippen LogP contribution in [0.2, 0.25) is 0 Å². The summed E-state index contributed by atoms with van der Waals surface area (Å²) in [7, 11) is 0. The van der Waals surface area contributed by atoms with Crippen molar-refractivity contribution in [2.75, 3.05) is 6.79 Å². The largest absolute Gasteiger partial charge is 0.481 e. The summed E-state index contributed by atoms with van der Waals surface area (Å²) in [5, 5.41) is 16.6. The molecule has 0 aliphatic carbocycles. The lowest BCUT2D eigenvalue weighted by Crippen LogP contribution is -2.02. The Hall–Kier alpha value is -2.57. The molecule has 1 atom stereocenters. The van der Waals surface area contributed by atoms with Gasteiger partial charge in [0, 0.05) is 11.5 Å². The molecule has 1 N–H and O–H groups in total. The zero-order chi connectivity index (χ0) is 14.1. The zero-order valence-corrected chi connectivity index (χ0v) is 10.7. The van der Waals surface area contributed by atoms with Crippen LogP contribution in [0.15, 0.2) is 22.6 Å². The van der Waals surface area contributed by atoms with Gasteiger partial charge in [-0.2, -0.15) is 0 Å². The number of carboxylic acids is 1. The number of ether oxygens (including phenoxy) is 2. The zero-order valence-electron chi connectivity index (χ0n) is 10.7. The molecule has 20 heavy (non-hydrogen) atoms. The van der Waals surface area contributed by atoms with E-state index in [0.717, 1.165) is 0 Å². The monoisotopic (exact) mass is 276 g/mol. The SMILES string of the molecule is CC(CC(=O)O)c1nnc(-c2ccc3c(c2)OCO3)o1. The second-order valence-electron chi connectivity index (χ2n) is 4.51. The number of benzene rings is 1. The van der Waals surface area contributed by atoms with E-state index in [2.05, 4.69) is 10.2 Å². The minimum Gasteiger partial charge on any atom is -0.481 e. The molecule has 0 saturated heterocycles. The Morgan fingerprint density at radius 2 is 2.15 bits per heavy atom. The van der Waals surface area contributed by atoms with Gasteiger partial charge in [0.2, 0.25) is 18.6 Å². The van der Waals surface area contributed by atoms with Crippen LogP contribution in [0.3, 0.4) is 0 Å². The maximum Gasteiger partial charge on any atom is 0.304 e. The number of carbonyl (C=O) groups is 1. The number of hydrogen-bond donors (Lipinski definition) is 1. The van der Waals surface area contributed by atoms with Crippen molar-refractivity contribution < 1.29 is 23.8 Å². The third kappa shape index (κ3) is 2.29. The van der Waals surface area contributed by atoms with Gasteiger partial charge in [0.05, 0.1) is 6.42 Å². The lowest BCUT2D eigenvalue weighted by molar-refractivity contribution is -0.137. The normalized spacial score (nSPS) is 14.2. The molecule has 0 saturated carbocycles. The molecule has 7 nitrogen and oxygen atoms in total. The van der Waals surface area contributed by atoms with Crippen LogP contribution in [0, 0.1) is 0 Å². The number of aliphatic carboxylic acids is 1. The molecule has 7 heteroatoms. The maximum absolute atomic E-state index is 10.7. The van der Waals surface area contributed by atoms with Gasteiger partial charge in [-0.25, -0.2) is 0 Å². The molecule has 3 rings (SSSR count).